The highest BCUT2D eigenvalue weighted by molar-refractivity contribution is 9.10. The van der Waals surface area contributed by atoms with Crippen LogP contribution in [0.3, 0.4) is 0 Å². The molecule has 8 nitrogen and oxygen atoms in total. The molecule has 0 aliphatic rings. The SMILES string of the molecule is Brc1ccc(-c2cc(-c3ccc(-c4cccnc4)cc3)nc(-c3ccccc3)n2)cc1.CC(=O)c1ccc(-c2cccnc2)cc1.Cl.N=C(N)c1ccccc1.O=Cc1ccc(Br)cc1. The summed E-state index contributed by atoms with van der Waals surface area (Å²) in [6.45, 7) is 1.57. The number of Topliss-reactive ketones (excluding diaryl/α,β-unsaturated/α-hetero) is 1. The molecule has 6 aromatic carbocycles. The van der Waals surface area contributed by atoms with E-state index in [-0.39, 0.29) is 24.0 Å². The number of hydrogen-bond acceptors (Lipinski definition) is 7. The average molecular weight is 1000 g/mol. The number of aldehydes is 1. The Morgan fingerprint density at radius 3 is 1.34 bits per heavy atom. The summed E-state index contributed by atoms with van der Waals surface area (Å²) in [6.07, 6.45) is 8.04. The Balaban J connectivity index is 0.000000192. The topological polar surface area (TPSA) is 136 Å². The summed E-state index contributed by atoms with van der Waals surface area (Å²) < 4.78 is 2.04. The van der Waals surface area contributed by atoms with Crippen LogP contribution in [0.5, 0.6) is 0 Å². The van der Waals surface area contributed by atoms with Crippen molar-refractivity contribution in [2.75, 3.05) is 0 Å². The monoisotopic (exact) mass is 1000 g/mol. The zero-order valence-electron chi connectivity index (χ0n) is 35.1. The summed E-state index contributed by atoms with van der Waals surface area (Å²) in [5, 5.41) is 7.01. The number of halogens is 3. The first-order valence-corrected chi connectivity index (χ1v) is 21.6. The van der Waals surface area contributed by atoms with E-state index in [0.717, 1.165) is 76.7 Å². The summed E-state index contributed by atoms with van der Waals surface area (Å²) >= 11 is 6.77. The van der Waals surface area contributed by atoms with Crippen molar-refractivity contribution in [1.82, 2.24) is 19.9 Å². The molecule has 0 spiro atoms. The first-order chi connectivity index (χ1) is 31.2. The van der Waals surface area contributed by atoms with Gasteiger partial charge in [0.1, 0.15) is 12.1 Å². The molecule has 9 aromatic rings. The van der Waals surface area contributed by atoms with E-state index in [1.807, 2.05) is 140 Å². The molecule has 3 N–H and O–H groups in total. The van der Waals surface area contributed by atoms with E-state index >= 15 is 0 Å². The maximum atomic E-state index is 11.1. The Kier molecular flexibility index (Phi) is 18.9. The molecule has 11 heteroatoms. The second-order valence-electron chi connectivity index (χ2n) is 14.0. The Morgan fingerprint density at radius 1 is 0.508 bits per heavy atom. The number of nitrogens with two attached hydrogens (primary N) is 1. The van der Waals surface area contributed by atoms with Crippen LogP contribution in [-0.4, -0.2) is 37.8 Å². The lowest BCUT2D eigenvalue weighted by molar-refractivity contribution is 0.101. The number of carbonyl (C=O) groups excluding carboxylic acids is 2. The largest absolute Gasteiger partial charge is 0.384 e. The molecule has 9 rings (SSSR count). The lowest BCUT2D eigenvalue weighted by Crippen LogP contribution is -2.10. The molecular formula is C54H43Br2ClN6O2. The standard InChI is InChI=1S/C27H18BrN3.C13H11NO.C7H5BrO.C7H8N2.ClH/c28-24-14-12-21(13-15-24)26-17-25(30-27(31-26)22-5-2-1-3-6-22)20-10-8-19(9-11-20)23-7-4-16-29-18-23;1-10(15)11-4-6-12(7-5-11)13-3-2-8-14-9-13;8-7-3-1-6(5-9)2-4-7;8-7(9)6-4-2-1-3-5-6;/h1-18H;2-9H,1H3;1-5H;1-5H,(H3,8,9);1H. The van der Waals surface area contributed by atoms with Crippen molar-refractivity contribution in [2.45, 2.75) is 6.92 Å². The number of carbonyl (C=O) groups is 2. The van der Waals surface area contributed by atoms with E-state index in [0.29, 0.717) is 11.4 Å². The summed E-state index contributed by atoms with van der Waals surface area (Å²) in [7, 11) is 0. The minimum atomic E-state index is 0. The number of nitrogen functional groups attached to an aromatic ring is 1. The average Bonchev–Trinajstić information content (AvgIpc) is 3.36. The molecule has 322 valence electrons. The van der Waals surface area contributed by atoms with Gasteiger partial charge >= 0.3 is 0 Å². The van der Waals surface area contributed by atoms with E-state index in [9.17, 15) is 9.59 Å². The van der Waals surface area contributed by atoms with E-state index in [1.54, 1.807) is 31.5 Å². The van der Waals surface area contributed by atoms with Gasteiger partial charge in [0.15, 0.2) is 11.6 Å². The lowest BCUT2D eigenvalue weighted by Gasteiger charge is -2.10. The number of nitrogens with zero attached hydrogens (tertiary/aromatic N) is 4. The minimum Gasteiger partial charge on any atom is -0.384 e. The van der Waals surface area contributed by atoms with Crippen LogP contribution >= 0.6 is 44.3 Å². The van der Waals surface area contributed by atoms with E-state index in [1.165, 1.54) is 0 Å². The number of amidine groups is 1. The first-order valence-electron chi connectivity index (χ1n) is 20.0. The van der Waals surface area contributed by atoms with Gasteiger partial charge in [-0.2, -0.15) is 0 Å². The predicted molar refractivity (Wildman–Crippen MR) is 273 cm³/mol. The van der Waals surface area contributed by atoms with Crippen LogP contribution in [0.1, 0.15) is 33.2 Å². The molecule has 0 fully saturated rings. The second kappa shape index (κ2) is 25.2. The maximum absolute atomic E-state index is 11.1. The van der Waals surface area contributed by atoms with Crippen molar-refractivity contribution in [3.8, 4) is 56.2 Å². The lowest BCUT2D eigenvalue weighted by atomic mass is 10.0. The highest BCUT2D eigenvalue weighted by atomic mass is 79.9. The molecule has 3 aromatic heterocycles. The van der Waals surface area contributed by atoms with E-state index in [4.69, 9.17) is 21.1 Å². The summed E-state index contributed by atoms with van der Waals surface area (Å²) in [6, 6.07) is 60.6. The van der Waals surface area contributed by atoms with Crippen LogP contribution in [0.2, 0.25) is 0 Å². The molecule has 0 aliphatic heterocycles. The summed E-state index contributed by atoms with van der Waals surface area (Å²) in [5.41, 5.74) is 16.7. The van der Waals surface area contributed by atoms with Crippen LogP contribution in [0, 0.1) is 5.41 Å². The molecule has 0 bridgehead atoms. The van der Waals surface area contributed by atoms with Crippen molar-refractivity contribution < 1.29 is 9.59 Å². The van der Waals surface area contributed by atoms with Gasteiger partial charge in [-0.15, -0.1) is 12.4 Å². The Morgan fingerprint density at radius 2 is 0.923 bits per heavy atom. The van der Waals surface area contributed by atoms with Gasteiger partial charge in [0.2, 0.25) is 0 Å². The predicted octanol–water partition coefficient (Wildman–Crippen LogP) is 13.9. The van der Waals surface area contributed by atoms with E-state index < -0.39 is 0 Å². The molecule has 0 saturated heterocycles. The van der Waals surface area contributed by atoms with Crippen molar-refractivity contribution in [2.24, 2.45) is 5.73 Å². The molecule has 0 saturated carbocycles. The van der Waals surface area contributed by atoms with Gasteiger partial charge in [-0.25, -0.2) is 9.97 Å². The Bertz CT molecular complexity index is 2870. The molecular weight excluding hydrogens is 960 g/mol. The Labute approximate surface area is 401 Å². The number of rotatable bonds is 8. The zero-order chi connectivity index (χ0) is 45.1. The van der Waals surface area contributed by atoms with Gasteiger partial charge in [0, 0.05) is 67.1 Å². The number of nitrogens with one attached hydrogen (secondary N) is 1. The minimum absolute atomic E-state index is 0. The normalized spacial score (nSPS) is 9.89. The van der Waals surface area contributed by atoms with Crippen LogP contribution < -0.4 is 5.73 Å². The number of benzene rings is 6. The molecule has 0 atom stereocenters. The summed E-state index contributed by atoms with van der Waals surface area (Å²) in [5.74, 6) is 0.927. The molecule has 65 heavy (non-hydrogen) atoms. The van der Waals surface area contributed by atoms with Crippen molar-refractivity contribution in [3.05, 3.63) is 238 Å². The second-order valence-corrected chi connectivity index (χ2v) is 15.8. The number of hydrogen-bond donors (Lipinski definition) is 2. The fourth-order valence-corrected chi connectivity index (χ4v) is 6.57. The van der Waals surface area contributed by atoms with Crippen LogP contribution in [0.4, 0.5) is 0 Å². The van der Waals surface area contributed by atoms with Crippen LogP contribution in [0.15, 0.2) is 222 Å². The highest BCUT2D eigenvalue weighted by Crippen LogP contribution is 2.30. The van der Waals surface area contributed by atoms with Crippen molar-refractivity contribution >= 4 is 62.2 Å². The van der Waals surface area contributed by atoms with Gasteiger partial charge in [0.25, 0.3) is 0 Å². The number of ketones is 1. The molecule has 3 heterocycles. The third-order valence-corrected chi connectivity index (χ3v) is 10.5. The third-order valence-electron chi connectivity index (χ3n) is 9.45. The number of aromatic nitrogens is 4. The van der Waals surface area contributed by atoms with Gasteiger partial charge < -0.3 is 5.73 Å². The van der Waals surface area contributed by atoms with Crippen molar-refractivity contribution in [1.29, 1.82) is 5.41 Å². The Hall–Kier alpha value is -7.24. The van der Waals surface area contributed by atoms with Gasteiger partial charge in [-0.1, -0.05) is 177 Å². The molecule has 0 aliphatic carbocycles. The van der Waals surface area contributed by atoms with Gasteiger partial charge in [-0.05, 0) is 71.6 Å². The fraction of sp³-hybridized carbons (Fsp3) is 0.0185. The zero-order valence-corrected chi connectivity index (χ0v) is 39.1. The van der Waals surface area contributed by atoms with Gasteiger partial charge in [-0.3, -0.25) is 25.0 Å². The van der Waals surface area contributed by atoms with Crippen LogP contribution in [0.25, 0.3) is 56.2 Å². The summed E-state index contributed by atoms with van der Waals surface area (Å²) in [4.78, 5) is 39.2. The molecule has 0 amide bonds. The third kappa shape index (κ3) is 14.9. The first kappa shape index (κ1) is 48.8. The quantitative estimate of drug-likeness (QED) is 0.0670. The molecule has 0 radical (unpaired) electrons. The maximum Gasteiger partial charge on any atom is 0.160 e. The number of pyridine rings is 2. The fourth-order valence-electron chi connectivity index (χ4n) is 6.04. The highest BCUT2D eigenvalue weighted by Gasteiger charge is 2.11. The van der Waals surface area contributed by atoms with Crippen LogP contribution in [-0.2, 0) is 0 Å². The van der Waals surface area contributed by atoms with E-state index in [2.05, 4.69) is 90.4 Å². The van der Waals surface area contributed by atoms with Gasteiger partial charge in [0.05, 0.1) is 11.4 Å². The molecule has 0 unspecified atom stereocenters. The smallest absolute Gasteiger partial charge is 0.160 e. The van der Waals surface area contributed by atoms with Crippen molar-refractivity contribution in [3.63, 3.8) is 0 Å².